The summed E-state index contributed by atoms with van der Waals surface area (Å²) in [5.41, 5.74) is 0.150. The molecule has 16 heavy (non-hydrogen) atoms. The van der Waals surface area contributed by atoms with Crippen molar-refractivity contribution < 1.29 is 9.53 Å². The Bertz CT molecular complexity index is 280. The van der Waals surface area contributed by atoms with Crippen LogP contribution in [-0.2, 0) is 9.53 Å². The van der Waals surface area contributed by atoms with Gasteiger partial charge in [0.25, 0.3) is 0 Å². The number of carbonyl (C=O) groups is 1. The molecular formula is C13H20O2S. The molecule has 2 aliphatic heterocycles. The summed E-state index contributed by atoms with van der Waals surface area (Å²) in [6, 6.07) is 0. The van der Waals surface area contributed by atoms with E-state index in [4.69, 9.17) is 4.74 Å². The van der Waals surface area contributed by atoms with E-state index in [-0.39, 0.29) is 5.60 Å². The average Bonchev–Trinajstić information content (AvgIpc) is 3.03. The lowest BCUT2D eigenvalue weighted by Crippen LogP contribution is -2.40. The van der Waals surface area contributed by atoms with Crippen LogP contribution in [0.15, 0.2) is 0 Å². The lowest BCUT2D eigenvalue weighted by molar-refractivity contribution is -0.124. The topological polar surface area (TPSA) is 26.3 Å². The van der Waals surface area contributed by atoms with Crippen LogP contribution in [0.5, 0.6) is 0 Å². The zero-order valence-corrected chi connectivity index (χ0v) is 10.6. The van der Waals surface area contributed by atoms with Crippen LogP contribution in [0.25, 0.3) is 0 Å². The molecule has 0 N–H and O–H groups in total. The van der Waals surface area contributed by atoms with Crippen molar-refractivity contribution in [3.8, 4) is 0 Å². The smallest absolute Gasteiger partial charge is 0.136 e. The second kappa shape index (κ2) is 4.34. The van der Waals surface area contributed by atoms with Crippen LogP contribution in [-0.4, -0.2) is 29.5 Å². The average molecular weight is 240 g/mol. The van der Waals surface area contributed by atoms with Crippen molar-refractivity contribution in [2.75, 3.05) is 18.1 Å². The Morgan fingerprint density at radius 3 is 2.94 bits per heavy atom. The van der Waals surface area contributed by atoms with E-state index in [0.29, 0.717) is 17.6 Å². The molecule has 1 spiro atoms. The van der Waals surface area contributed by atoms with Crippen LogP contribution in [0.2, 0.25) is 0 Å². The molecule has 0 aromatic carbocycles. The summed E-state index contributed by atoms with van der Waals surface area (Å²) in [4.78, 5) is 11.8. The van der Waals surface area contributed by atoms with Gasteiger partial charge in [-0.3, -0.25) is 4.79 Å². The van der Waals surface area contributed by atoms with Gasteiger partial charge in [0.15, 0.2) is 0 Å². The molecule has 3 heteroatoms. The van der Waals surface area contributed by atoms with Gasteiger partial charge in [-0.1, -0.05) is 0 Å². The monoisotopic (exact) mass is 240 g/mol. The number of ketones is 1. The molecule has 2 atom stereocenters. The standard InChI is InChI=1S/C13H20O2S/c14-12(11-1-2-11)7-10-3-5-15-13(8-10)4-6-16-9-13/h10-11H,1-9H2. The Kier molecular flexibility index (Phi) is 3.01. The Hall–Kier alpha value is -0.0200. The van der Waals surface area contributed by atoms with E-state index >= 15 is 0 Å². The van der Waals surface area contributed by atoms with Crippen molar-refractivity contribution in [1.82, 2.24) is 0 Å². The Morgan fingerprint density at radius 2 is 2.25 bits per heavy atom. The van der Waals surface area contributed by atoms with E-state index in [2.05, 4.69) is 0 Å². The molecule has 1 aliphatic carbocycles. The van der Waals surface area contributed by atoms with Gasteiger partial charge in [0.2, 0.25) is 0 Å². The fourth-order valence-corrected chi connectivity index (χ4v) is 4.40. The molecule has 0 amide bonds. The van der Waals surface area contributed by atoms with Crippen molar-refractivity contribution >= 4 is 17.5 Å². The first-order valence-corrected chi connectivity index (χ1v) is 7.67. The Labute approximate surface area is 101 Å². The molecule has 1 saturated carbocycles. The summed E-state index contributed by atoms with van der Waals surface area (Å²) in [5.74, 6) is 3.98. The zero-order chi connectivity index (χ0) is 11.0. The minimum Gasteiger partial charge on any atom is -0.374 e. The molecular weight excluding hydrogens is 220 g/mol. The van der Waals surface area contributed by atoms with Gasteiger partial charge in [-0.25, -0.2) is 0 Å². The number of Topliss-reactive ketones (excluding diaryl/α,β-unsaturated/α-hetero) is 1. The number of carbonyl (C=O) groups excluding carboxylic acids is 1. The van der Waals surface area contributed by atoms with Crippen LogP contribution < -0.4 is 0 Å². The summed E-state index contributed by atoms with van der Waals surface area (Å²) in [6.07, 6.45) is 6.58. The van der Waals surface area contributed by atoms with Gasteiger partial charge in [0.05, 0.1) is 5.60 Å². The molecule has 3 rings (SSSR count). The van der Waals surface area contributed by atoms with Crippen LogP contribution in [0, 0.1) is 11.8 Å². The highest BCUT2D eigenvalue weighted by molar-refractivity contribution is 7.99. The van der Waals surface area contributed by atoms with Crippen molar-refractivity contribution in [3.63, 3.8) is 0 Å². The summed E-state index contributed by atoms with van der Waals surface area (Å²) < 4.78 is 5.98. The number of ether oxygens (including phenoxy) is 1. The van der Waals surface area contributed by atoms with Crippen molar-refractivity contribution in [1.29, 1.82) is 0 Å². The van der Waals surface area contributed by atoms with Crippen molar-refractivity contribution in [2.24, 2.45) is 11.8 Å². The summed E-state index contributed by atoms with van der Waals surface area (Å²) in [5, 5.41) is 0. The number of rotatable bonds is 3. The lowest BCUT2D eigenvalue weighted by Gasteiger charge is -2.37. The minimum atomic E-state index is 0.150. The maximum Gasteiger partial charge on any atom is 0.136 e. The number of hydrogen-bond acceptors (Lipinski definition) is 3. The molecule has 2 nitrogen and oxygen atoms in total. The highest BCUT2D eigenvalue weighted by atomic mass is 32.2. The highest BCUT2D eigenvalue weighted by Gasteiger charge is 2.41. The molecule has 0 aromatic heterocycles. The first-order chi connectivity index (χ1) is 7.77. The first kappa shape index (κ1) is 11.1. The summed E-state index contributed by atoms with van der Waals surface area (Å²) in [7, 11) is 0. The fraction of sp³-hybridized carbons (Fsp3) is 0.923. The second-order valence-corrected chi connectivity index (χ2v) is 6.74. The van der Waals surface area contributed by atoms with Gasteiger partial charge in [-0.2, -0.15) is 11.8 Å². The molecule has 2 heterocycles. The molecule has 0 radical (unpaired) electrons. The largest absolute Gasteiger partial charge is 0.374 e. The molecule has 2 unspecified atom stereocenters. The summed E-state index contributed by atoms with van der Waals surface area (Å²) in [6.45, 7) is 0.878. The van der Waals surface area contributed by atoms with E-state index in [1.807, 2.05) is 11.8 Å². The van der Waals surface area contributed by atoms with E-state index in [9.17, 15) is 4.79 Å². The van der Waals surface area contributed by atoms with Gasteiger partial charge < -0.3 is 4.74 Å². The molecule has 90 valence electrons. The van der Waals surface area contributed by atoms with E-state index < -0.39 is 0 Å². The minimum absolute atomic E-state index is 0.150. The van der Waals surface area contributed by atoms with Crippen LogP contribution >= 0.6 is 11.8 Å². The normalized spacial score (nSPS) is 39.1. The van der Waals surface area contributed by atoms with E-state index in [0.717, 1.165) is 44.5 Å². The van der Waals surface area contributed by atoms with Crippen molar-refractivity contribution in [3.05, 3.63) is 0 Å². The molecule has 0 bridgehead atoms. The lowest BCUT2D eigenvalue weighted by atomic mass is 9.82. The van der Waals surface area contributed by atoms with Crippen molar-refractivity contribution in [2.45, 2.75) is 44.1 Å². The predicted octanol–water partition coefficient (Wildman–Crippen LogP) is 2.66. The predicted molar refractivity (Wildman–Crippen MR) is 65.7 cm³/mol. The maximum absolute atomic E-state index is 11.8. The van der Waals surface area contributed by atoms with Crippen LogP contribution in [0.4, 0.5) is 0 Å². The quantitative estimate of drug-likeness (QED) is 0.758. The number of thioether (sulfide) groups is 1. The maximum atomic E-state index is 11.8. The zero-order valence-electron chi connectivity index (χ0n) is 9.74. The van der Waals surface area contributed by atoms with Gasteiger partial charge in [-0.05, 0) is 43.8 Å². The van der Waals surface area contributed by atoms with Gasteiger partial charge in [0, 0.05) is 24.7 Å². The fourth-order valence-electron chi connectivity index (χ4n) is 3.02. The van der Waals surface area contributed by atoms with Crippen LogP contribution in [0.3, 0.4) is 0 Å². The third-order valence-corrected chi connectivity index (χ3v) is 5.41. The molecule has 3 aliphatic rings. The highest BCUT2D eigenvalue weighted by Crippen LogP contribution is 2.42. The van der Waals surface area contributed by atoms with Gasteiger partial charge >= 0.3 is 0 Å². The Balaban J connectivity index is 1.56. The molecule has 3 fully saturated rings. The first-order valence-electron chi connectivity index (χ1n) is 6.52. The third-order valence-electron chi connectivity index (χ3n) is 4.18. The number of hydrogen-bond donors (Lipinski definition) is 0. The molecule has 2 saturated heterocycles. The third kappa shape index (κ3) is 2.30. The Morgan fingerprint density at radius 1 is 1.38 bits per heavy atom. The second-order valence-electron chi connectivity index (χ2n) is 5.64. The molecule has 0 aromatic rings. The van der Waals surface area contributed by atoms with Gasteiger partial charge in [0.1, 0.15) is 5.78 Å². The van der Waals surface area contributed by atoms with Gasteiger partial charge in [-0.15, -0.1) is 0 Å². The summed E-state index contributed by atoms with van der Waals surface area (Å²) >= 11 is 2.01. The van der Waals surface area contributed by atoms with Crippen LogP contribution in [0.1, 0.15) is 38.5 Å². The SMILES string of the molecule is O=C(CC1CCOC2(CCSC2)C1)C1CC1. The van der Waals surface area contributed by atoms with E-state index in [1.165, 1.54) is 12.2 Å². The van der Waals surface area contributed by atoms with E-state index in [1.54, 1.807) is 0 Å².